The molecule has 1 aliphatic heterocycles. The van der Waals surface area contributed by atoms with Crippen LogP contribution in [-0.2, 0) is 16.1 Å². The number of hydrogen-bond donors (Lipinski definition) is 0. The second-order valence-corrected chi connectivity index (χ2v) is 8.13. The van der Waals surface area contributed by atoms with Crippen LogP contribution in [0.4, 0.5) is 5.69 Å². The summed E-state index contributed by atoms with van der Waals surface area (Å²) in [4.78, 5) is 28.3. The fraction of sp³-hybridized carbons (Fsp3) is 0.440. The molecule has 2 amide bonds. The number of amides is 2. The topological polar surface area (TPSA) is 55.8 Å². The van der Waals surface area contributed by atoms with Gasteiger partial charge in [0.25, 0.3) is 11.8 Å². The summed E-state index contributed by atoms with van der Waals surface area (Å²) in [5.74, 6) is -0.163. The predicted octanol–water partition coefficient (Wildman–Crippen LogP) is 5.29. The number of rotatable bonds is 9. The van der Waals surface area contributed by atoms with E-state index in [0.29, 0.717) is 30.9 Å². The minimum atomic E-state index is -0.269. The van der Waals surface area contributed by atoms with E-state index >= 15 is 0 Å². The SMILES string of the molecule is CCOCCOCc1cccc2c1C(=O)N(c1c(C(C)C)cccc1C(C)C)C2=O. The highest BCUT2D eigenvalue weighted by molar-refractivity contribution is 6.35. The Labute approximate surface area is 179 Å². The standard InChI is InChI=1S/C25H31NO4/c1-6-29-13-14-30-15-18-9-7-12-21-22(18)25(28)26(24(21)27)23-19(16(2)3)10-8-11-20(23)17(4)5/h7-12,16-17H,6,13-15H2,1-5H3. The van der Waals surface area contributed by atoms with Crippen LogP contribution in [0.1, 0.15) is 83.9 Å². The number of carbonyl (C=O) groups excluding carboxylic acids is 2. The van der Waals surface area contributed by atoms with Crippen LogP contribution in [0.5, 0.6) is 0 Å². The molecule has 160 valence electrons. The van der Waals surface area contributed by atoms with Gasteiger partial charge in [-0.2, -0.15) is 0 Å². The maximum atomic E-state index is 13.5. The molecule has 2 aromatic carbocycles. The van der Waals surface area contributed by atoms with E-state index in [-0.39, 0.29) is 30.3 Å². The van der Waals surface area contributed by atoms with Gasteiger partial charge in [-0.1, -0.05) is 58.0 Å². The first kappa shape index (κ1) is 22.2. The molecule has 5 heteroatoms. The maximum Gasteiger partial charge on any atom is 0.266 e. The molecule has 0 bridgehead atoms. The van der Waals surface area contributed by atoms with Crippen molar-refractivity contribution in [2.24, 2.45) is 0 Å². The van der Waals surface area contributed by atoms with Crippen molar-refractivity contribution in [3.63, 3.8) is 0 Å². The minimum Gasteiger partial charge on any atom is -0.379 e. The average Bonchev–Trinajstić information content (AvgIpc) is 2.98. The van der Waals surface area contributed by atoms with Crippen molar-refractivity contribution < 1.29 is 19.1 Å². The summed E-state index contributed by atoms with van der Waals surface area (Å²) >= 11 is 0. The van der Waals surface area contributed by atoms with Gasteiger partial charge < -0.3 is 9.47 Å². The quantitative estimate of drug-likeness (QED) is 0.417. The zero-order valence-corrected chi connectivity index (χ0v) is 18.5. The zero-order chi connectivity index (χ0) is 21.8. The van der Waals surface area contributed by atoms with E-state index in [1.165, 1.54) is 4.90 Å². The van der Waals surface area contributed by atoms with Gasteiger partial charge in [0.15, 0.2) is 0 Å². The maximum absolute atomic E-state index is 13.5. The molecule has 30 heavy (non-hydrogen) atoms. The van der Waals surface area contributed by atoms with Crippen molar-refractivity contribution in [1.82, 2.24) is 0 Å². The van der Waals surface area contributed by atoms with Gasteiger partial charge in [0.1, 0.15) is 0 Å². The number of para-hydroxylation sites is 1. The molecule has 0 unspecified atom stereocenters. The Bertz CT molecular complexity index is 906. The van der Waals surface area contributed by atoms with Crippen LogP contribution < -0.4 is 4.90 Å². The third-order valence-electron chi connectivity index (χ3n) is 5.40. The van der Waals surface area contributed by atoms with Crippen molar-refractivity contribution in [2.45, 2.75) is 53.1 Å². The summed E-state index contributed by atoms with van der Waals surface area (Å²) in [6.45, 7) is 12.1. The number of ether oxygens (including phenoxy) is 2. The van der Waals surface area contributed by atoms with Crippen LogP contribution in [0.15, 0.2) is 36.4 Å². The van der Waals surface area contributed by atoms with Gasteiger partial charge in [0.05, 0.1) is 36.6 Å². The molecule has 0 atom stereocenters. The molecule has 1 heterocycles. The number of anilines is 1. The first-order chi connectivity index (χ1) is 14.4. The lowest BCUT2D eigenvalue weighted by Crippen LogP contribution is -2.32. The Kier molecular flexibility index (Phi) is 7.06. The van der Waals surface area contributed by atoms with E-state index < -0.39 is 0 Å². The van der Waals surface area contributed by atoms with Crippen molar-refractivity contribution in [2.75, 3.05) is 24.7 Å². The minimum absolute atomic E-state index is 0.185. The molecule has 1 aliphatic rings. The van der Waals surface area contributed by atoms with Gasteiger partial charge in [0, 0.05) is 6.61 Å². The van der Waals surface area contributed by atoms with Crippen molar-refractivity contribution in [3.8, 4) is 0 Å². The summed E-state index contributed by atoms with van der Waals surface area (Å²) in [7, 11) is 0. The molecule has 0 N–H and O–H groups in total. The van der Waals surface area contributed by atoms with Gasteiger partial charge in [-0.05, 0) is 41.5 Å². The molecule has 3 rings (SSSR count). The summed E-state index contributed by atoms with van der Waals surface area (Å²) in [5.41, 5.74) is 4.37. The largest absolute Gasteiger partial charge is 0.379 e. The highest BCUT2D eigenvalue weighted by atomic mass is 16.5. The lowest BCUT2D eigenvalue weighted by Gasteiger charge is -2.25. The molecule has 2 aromatic rings. The van der Waals surface area contributed by atoms with Crippen LogP contribution in [0, 0.1) is 0 Å². The predicted molar refractivity (Wildman–Crippen MR) is 118 cm³/mol. The zero-order valence-electron chi connectivity index (χ0n) is 18.5. The lowest BCUT2D eigenvalue weighted by atomic mass is 9.92. The van der Waals surface area contributed by atoms with Gasteiger partial charge in [-0.25, -0.2) is 4.90 Å². The van der Waals surface area contributed by atoms with Crippen LogP contribution in [-0.4, -0.2) is 31.6 Å². The average molecular weight is 410 g/mol. The lowest BCUT2D eigenvalue weighted by molar-refractivity contribution is 0.0450. The fourth-order valence-electron chi connectivity index (χ4n) is 3.89. The molecular weight excluding hydrogens is 378 g/mol. The van der Waals surface area contributed by atoms with E-state index in [4.69, 9.17) is 9.47 Å². The molecule has 0 fully saturated rings. The van der Waals surface area contributed by atoms with Gasteiger partial charge in [-0.15, -0.1) is 0 Å². The Morgan fingerprint density at radius 1 is 0.833 bits per heavy atom. The summed E-state index contributed by atoms with van der Waals surface area (Å²) in [6, 6.07) is 11.4. The second-order valence-electron chi connectivity index (χ2n) is 8.13. The number of benzene rings is 2. The van der Waals surface area contributed by atoms with E-state index in [1.54, 1.807) is 6.07 Å². The van der Waals surface area contributed by atoms with Gasteiger partial charge >= 0.3 is 0 Å². The third-order valence-corrected chi connectivity index (χ3v) is 5.40. The number of nitrogens with zero attached hydrogens (tertiary/aromatic N) is 1. The van der Waals surface area contributed by atoms with Crippen molar-refractivity contribution in [3.05, 3.63) is 64.2 Å². The van der Waals surface area contributed by atoms with Crippen LogP contribution in [0.2, 0.25) is 0 Å². The smallest absolute Gasteiger partial charge is 0.266 e. The summed E-state index contributed by atoms with van der Waals surface area (Å²) < 4.78 is 11.0. The normalized spacial score (nSPS) is 13.6. The molecule has 0 spiro atoms. The van der Waals surface area contributed by atoms with E-state index in [1.807, 2.05) is 37.3 Å². The molecule has 0 saturated carbocycles. The first-order valence-corrected chi connectivity index (χ1v) is 10.7. The highest BCUT2D eigenvalue weighted by Crippen LogP contribution is 2.40. The number of carbonyl (C=O) groups is 2. The molecule has 0 aliphatic carbocycles. The molecule has 0 radical (unpaired) electrons. The molecule has 0 saturated heterocycles. The monoisotopic (exact) mass is 409 g/mol. The Morgan fingerprint density at radius 3 is 2.03 bits per heavy atom. The highest BCUT2D eigenvalue weighted by Gasteiger charge is 2.40. The number of fused-ring (bicyclic) bond motifs is 1. The fourth-order valence-corrected chi connectivity index (χ4v) is 3.89. The number of hydrogen-bond acceptors (Lipinski definition) is 4. The van der Waals surface area contributed by atoms with Gasteiger partial charge in [0.2, 0.25) is 0 Å². The van der Waals surface area contributed by atoms with Crippen LogP contribution >= 0.6 is 0 Å². The van der Waals surface area contributed by atoms with E-state index in [0.717, 1.165) is 22.4 Å². The Hall–Kier alpha value is -2.50. The van der Waals surface area contributed by atoms with Crippen LogP contribution in [0.25, 0.3) is 0 Å². The van der Waals surface area contributed by atoms with Crippen LogP contribution in [0.3, 0.4) is 0 Å². The molecule has 0 aromatic heterocycles. The van der Waals surface area contributed by atoms with Gasteiger partial charge in [-0.3, -0.25) is 9.59 Å². The van der Waals surface area contributed by atoms with E-state index in [2.05, 4.69) is 27.7 Å². The van der Waals surface area contributed by atoms with Crippen molar-refractivity contribution in [1.29, 1.82) is 0 Å². The first-order valence-electron chi connectivity index (χ1n) is 10.7. The third kappa shape index (κ3) is 4.18. The number of imide groups is 1. The molecule has 5 nitrogen and oxygen atoms in total. The molecular formula is C25H31NO4. The second kappa shape index (κ2) is 9.54. The summed E-state index contributed by atoms with van der Waals surface area (Å²) in [6.07, 6.45) is 0. The summed E-state index contributed by atoms with van der Waals surface area (Å²) in [5, 5.41) is 0. The Morgan fingerprint density at radius 2 is 1.43 bits per heavy atom. The van der Waals surface area contributed by atoms with Crippen molar-refractivity contribution >= 4 is 17.5 Å². The van der Waals surface area contributed by atoms with E-state index in [9.17, 15) is 9.59 Å². The Balaban J connectivity index is 2.00.